The van der Waals surface area contributed by atoms with Gasteiger partial charge in [-0.25, -0.2) is 0 Å². The molecule has 0 amide bonds. The fourth-order valence-electron chi connectivity index (χ4n) is 1.51. The minimum atomic E-state index is -0.820. The number of carboxylic acid groups (broad SMARTS) is 1. The maximum Gasteiger partial charge on any atom is 0.307 e. The number of aliphatic carboxylic acids is 1. The number of hydrogen-bond donors (Lipinski definition) is 1. The van der Waals surface area contributed by atoms with Crippen molar-refractivity contribution in [2.45, 2.75) is 26.2 Å². The monoisotopic (exact) mass is 203 g/mol. The summed E-state index contributed by atoms with van der Waals surface area (Å²) in [5.41, 5.74) is 2.98. The molecule has 0 aliphatic rings. The average molecular weight is 203 g/mol. The average Bonchev–Trinajstić information content (AvgIpc) is 2.15. The van der Waals surface area contributed by atoms with Gasteiger partial charge in [-0.15, -0.1) is 0 Å². The third-order valence-corrected chi connectivity index (χ3v) is 2.27. The number of benzene rings is 1. The van der Waals surface area contributed by atoms with Crippen LogP contribution in [-0.2, 0) is 17.6 Å². The molecule has 0 unspecified atom stereocenters. The van der Waals surface area contributed by atoms with Gasteiger partial charge < -0.3 is 5.11 Å². The molecule has 1 rings (SSSR count). The van der Waals surface area contributed by atoms with Crippen LogP contribution in [-0.4, -0.2) is 11.1 Å². The zero-order chi connectivity index (χ0) is 11.3. The van der Waals surface area contributed by atoms with Gasteiger partial charge in [-0.3, -0.25) is 4.79 Å². The molecule has 0 heterocycles. The summed E-state index contributed by atoms with van der Waals surface area (Å²) in [5.74, 6) is -0.820. The summed E-state index contributed by atoms with van der Waals surface area (Å²) in [6.07, 6.45) is 1.29. The van der Waals surface area contributed by atoms with Crippen molar-refractivity contribution in [2.24, 2.45) is 0 Å². The molecule has 0 saturated heterocycles. The van der Waals surface area contributed by atoms with Gasteiger partial charge in [-0.2, -0.15) is 5.26 Å². The van der Waals surface area contributed by atoms with Crippen LogP contribution in [0.4, 0.5) is 0 Å². The largest absolute Gasteiger partial charge is 0.481 e. The summed E-state index contributed by atoms with van der Waals surface area (Å²) in [4.78, 5) is 10.5. The van der Waals surface area contributed by atoms with Gasteiger partial charge in [-0.05, 0) is 30.0 Å². The SMILES string of the molecule is Cc1cc(CC(=O)O)ccc1CCC#N. The molecular formula is C12H13NO2. The first-order chi connectivity index (χ1) is 7.13. The molecule has 0 aliphatic heterocycles. The fourth-order valence-corrected chi connectivity index (χ4v) is 1.51. The Morgan fingerprint density at radius 1 is 1.53 bits per heavy atom. The van der Waals surface area contributed by atoms with E-state index in [1.807, 2.05) is 25.1 Å². The van der Waals surface area contributed by atoms with E-state index in [0.29, 0.717) is 6.42 Å². The molecule has 0 aliphatic carbocycles. The number of rotatable bonds is 4. The molecule has 1 aromatic carbocycles. The van der Waals surface area contributed by atoms with Crippen LogP contribution in [0.25, 0.3) is 0 Å². The molecule has 0 atom stereocenters. The van der Waals surface area contributed by atoms with Crippen molar-refractivity contribution in [2.75, 3.05) is 0 Å². The van der Waals surface area contributed by atoms with Gasteiger partial charge in [0.15, 0.2) is 0 Å². The third-order valence-electron chi connectivity index (χ3n) is 2.27. The summed E-state index contributed by atoms with van der Waals surface area (Å²) in [6, 6.07) is 7.69. The van der Waals surface area contributed by atoms with Gasteiger partial charge in [-0.1, -0.05) is 18.2 Å². The Morgan fingerprint density at radius 2 is 2.27 bits per heavy atom. The summed E-state index contributed by atoms with van der Waals surface area (Å²) < 4.78 is 0. The van der Waals surface area contributed by atoms with Gasteiger partial charge >= 0.3 is 5.97 Å². The van der Waals surface area contributed by atoms with Crippen molar-refractivity contribution in [3.05, 3.63) is 34.9 Å². The van der Waals surface area contributed by atoms with E-state index in [0.717, 1.165) is 23.1 Å². The third kappa shape index (κ3) is 3.43. The minimum absolute atomic E-state index is 0.0549. The van der Waals surface area contributed by atoms with Gasteiger partial charge in [0.1, 0.15) is 0 Å². The van der Waals surface area contributed by atoms with Crippen molar-refractivity contribution in [1.29, 1.82) is 5.26 Å². The summed E-state index contributed by atoms with van der Waals surface area (Å²) in [7, 11) is 0. The molecule has 0 spiro atoms. The van der Waals surface area contributed by atoms with Crippen LogP contribution < -0.4 is 0 Å². The van der Waals surface area contributed by atoms with Crippen LogP contribution in [0, 0.1) is 18.3 Å². The van der Waals surface area contributed by atoms with E-state index in [1.54, 1.807) is 0 Å². The molecule has 1 N–H and O–H groups in total. The number of carboxylic acids is 1. The van der Waals surface area contributed by atoms with Crippen LogP contribution in [0.1, 0.15) is 23.1 Å². The number of aryl methyl sites for hydroxylation is 2. The predicted molar refractivity (Wildman–Crippen MR) is 56.5 cm³/mol. The molecule has 0 saturated carbocycles. The lowest BCUT2D eigenvalue weighted by atomic mass is 10.0. The summed E-state index contributed by atoms with van der Waals surface area (Å²) >= 11 is 0. The molecular weight excluding hydrogens is 190 g/mol. The van der Waals surface area contributed by atoms with Crippen LogP contribution in [0.2, 0.25) is 0 Å². The summed E-state index contributed by atoms with van der Waals surface area (Å²) in [6.45, 7) is 1.94. The second-order valence-corrected chi connectivity index (χ2v) is 3.49. The molecule has 3 nitrogen and oxygen atoms in total. The summed E-state index contributed by atoms with van der Waals surface area (Å²) in [5, 5.41) is 17.1. The Balaban J connectivity index is 2.79. The molecule has 0 radical (unpaired) electrons. The smallest absolute Gasteiger partial charge is 0.307 e. The topological polar surface area (TPSA) is 61.1 Å². The Hall–Kier alpha value is -1.82. The second kappa shape index (κ2) is 5.16. The molecule has 0 fully saturated rings. The Bertz CT molecular complexity index is 405. The molecule has 3 heteroatoms. The molecule has 0 bridgehead atoms. The zero-order valence-electron chi connectivity index (χ0n) is 8.66. The highest BCUT2D eigenvalue weighted by Gasteiger charge is 2.03. The van der Waals surface area contributed by atoms with Crippen molar-refractivity contribution in [3.8, 4) is 6.07 Å². The molecule has 0 aromatic heterocycles. The van der Waals surface area contributed by atoms with E-state index >= 15 is 0 Å². The minimum Gasteiger partial charge on any atom is -0.481 e. The standard InChI is InChI=1S/C12H13NO2/c1-9-7-10(8-12(14)15)4-5-11(9)3-2-6-13/h4-5,7H,2-3,8H2,1H3,(H,14,15). The number of nitriles is 1. The van der Waals surface area contributed by atoms with Crippen LogP contribution in [0.3, 0.4) is 0 Å². The Morgan fingerprint density at radius 3 is 2.80 bits per heavy atom. The van der Waals surface area contributed by atoms with E-state index in [1.165, 1.54) is 0 Å². The zero-order valence-corrected chi connectivity index (χ0v) is 8.66. The predicted octanol–water partition coefficient (Wildman–Crippen LogP) is 2.08. The quantitative estimate of drug-likeness (QED) is 0.814. The lowest BCUT2D eigenvalue weighted by molar-refractivity contribution is -0.136. The highest BCUT2D eigenvalue weighted by molar-refractivity contribution is 5.70. The van der Waals surface area contributed by atoms with Crippen LogP contribution >= 0.6 is 0 Å². The molecule has 78 valence electrons. The lowest BCUT2D eigenvalue weighted by Gasteiger charge is -2.05. The Labute approximate surface area is 89.0 Å². The van der Waals surface area contributed by atoms with Gasteiger partial charge in [0.25, 0.3) is 0 Å². The van der Waals surface area contributed by atoms with Gasteiger partial charge in [0, 0.05) is 6.42 Å². The van der Waals surface area contributed by atoms with Crippen LogP contribution in [0.15, 0.2) is 18.2 Å². The second-order valence-electron chi connectivity index (χ2n) is 3.49. The van der Waals surface area contributed by atoms with Crippen molar-refractivity contribution in [1.82, 2.24) is 0 Å². The van der Waals surface area contributed by atoms with E-state index < -0.39 is 5.97 Å². The van der Waals surface area contributed by atoms with Gasteiger partial charge in [0.05, 0.1) is 12.5 Å². The van der Waals surface area contributed by atoms with E-state index in [9.17, 15) is 4.79 Å². The number of carbonyl (C=O) groups is 1. The first kappa shape index (κ1) is 11.3. The highest BCUT2D eigenvalue weighted by atomic mass is 16.4. The lowest BCUT2D eigenvalue weighted by Crippen LogP contribution is -2.01. The number of hydrogen-bond acceptors (Lipinski definition) is 2. The molecule has 15 heavy (non-hydrogen) atoms. The van der Waals surface area contributed by atoms with E-state index in [4.69, 9.17) is 10.4 Å². The first-order valence-electron chi connectivity index (χ1n) is 4.80. The maximum atomic E-state index is 10.5. The van der Waals surface area contributed by atoms with E-state index in [2.05, 4.69) is 6.07 Å². The first-order valence-corrected chi connectivity index (χ1v) is 4.80. The fraction of sp³-hybridized carbons (Fsp3) is 0.333. The van der Waals surface area contributed by atoms with Crippen molar-refractivity contribution in [3.63, 3.8) is 0 Å². The number of nitrogens with zero attached hydrogens (tertiary/aromatic N) is 1. The van der Waals surface area contributed by atoms with Crippen LogP contribution in [0.5, 0.6) is 0 Å². The van der Waals surface area contributed by atoms with E-state index in [-0.39, 0.29) is 6.42 Å². The maximum absolute atomic E-state index is 10.5. The molecule has 1 aromatic rings. The van der Waals surface area contributed by atoms with Crippen molar-refractivity contribution >= 4 is 5.97 Å². The van der Waals surface area contributed by atoms with Crippen molar-refractivity contribution < 1.29 is 9.90 Å². The van der Waals surface area contributed by atoms with Gasteiger partial charge in [0.2, 0.25) is 0 Å². The Kier molecular flexibility index (Phi) is 3.87. The normalized spacial score (nSPS) is 9.60. The highest BCUT2D eigenvalue weighted by Crippen LogP contribution is 2.13.